The van der Waals surface area contributed by atoms with Crippen LogP contribution in [0.15, 0.2) is 45.8 Å². The molecule has 0 bridgehead atoms. The van der Waals surface area contributed by atoms with Gasteiger partial charge in [-0.3, -0.25) is 0 Å². The van der Waals surface area contributed by atoms with Crippen molar-refractivity contribution in [2.75, 3.05) is 29.8 Å². The summed E-state index contributed by atoms with van der Waals surface area (Å²) in [7, 11) is 0. The molecule has 4 aliphatic rings. The van der Waals surface area contributed by atoms with Crippen molar-refractivity contribution in [3.05, 3.63) is 47.7 Å². The quantitative estimate of drug-likeness (QED) is 0.746. The molecule has 0 spiro atoms. The Bertz CT molecular complexity index is 954. The molecule has 2 unspecified atom stereocenters. The van der Waals surface area contributed by atoms with Crippen LogP contribution in [0.25, 0.3) is 0 Å². The first kappa shape index (κ1) is 15.0. The number of rotatable bonds is 2. The van der Waals surface area contributed by atoms with Crippen molar-refractivity contribution in [1.82, 2.24) is 20.3 Å². The van der Waals surface area contributed by atoms with Crippen LogP contribution in [0.1, 0.15) is 29.9 Å². The first-order valence-electron chi connectivity index (χ1n) is 8.83. The van der Waals surface area contributed by atoms with Crippen molar-refractivity contribution in [1.29, 1.82) is 0 Å². The number of aromatic nitrogens is 2. The van der Waals surface area contributed by atoms with Gasteiger partial charge in [-0.25, -0.2) is 10.0 Å². The second-order valence-electron chi connectivity index (χ2n) is 6.84. The molecule has 0 saturated carbocycles. The van der Waals surface area contributed by atoms with Gasteiger partial charge in [0.1, 0.15) is 13.0 Å². The molecule has 2 aromatic rings. The van der Waals surface area contributed by atoms with Crippen LogP contribution >= 0.6 is 0 Å². The van der Waals surface area contributed by atoms with E-state index in [1.54, 1.807) is 11.3 Å². The zero-order valence-electron chi connectivity index (χ0n) is 14.3. The molecule has 9 nitrogen and oxygen atoms in total. The van der Waals surface area contributed by atoms with E-state index in [-0.39, 0.29) is 18.8 Å². The van der Waals surface area contributed by atoms with Crippen LogP contribution in [0.3, 0.4) is 0 Å². The summed E-state index contributed by atoms with van der Waals surface area (Å²) >= 11 is 0. The number of halogens is 1. The Kier molecular flexibility index (Phi) is 3.01. The fourth-order valence-electron chi connectivity index (χ4n) is 3.95. The van der Waals surface area contributed by atoms with Gasteiger partial charge in [0, 0.05) is 18.1 Å². The number of benzene rings is 1. The summed E-state index contributed by atoms with van der Waals surface area (Å²) in [5, 5.41) is 8.32. The van der Waals surface area contributed by atoms with Crippen LogP contribution in [0.5, 0.6) is 0 Å². The lowest BCUT2D eigenvalue weighted by molar-refractivity contribution is 0.104. The van der Waals surface area contributed by atoms with E-state index in [1.807, 2.05) is 34.2 Å². The summed E-state index contributed by atoms with van der Waals surface area (Å²) < 4.78 is 25.0. The van der Waals surface area contributed by atoms with Crippen LogP contribution in [0, 0.1) is 0 Å². The van der Waals surface area contributed by atoms with Crippen LogP contribution in [-0.4, -0.2) is 46.5 Å². The molecule has 27 heavy (non-hydrogen) atoms. The van der Waals surface area contributed by atoms with Crippen molar-refractivity contribution in [2.45, 2.75) is 18.5 Å². The minimum atomic E-state index is -0.305. The number of fused-ring (bicyclic) bond motifs is 6. The maximum absolute atomic E-state index is 14.1. The van der Waals surface area contributed by atoms with Gasteiger partial charge in [0.15, 0.2) is 17.8 Å². The molecule has 1 aromatic heterocycles. The third-order valence-electron chi connectivity index (χ3n) is 5.25. The number of ether oxygens (including phenoxy) is 1. The highest BCUT2D eigenvalue weighted by atomic mass is 19.2. The molecule has 1 aromatic carbocycles. The van der Waals surface area contributed by atoms with E-state index in [0.717, 1.165) is 17.7 Å². The molecule has 4 aliphatic heterocycles. The van der Waals surface area contributed by atoms with Crippen molar-refractivity contribution in [3.8, 4) is 0 Å². The van der Waals surface area contributed by atoms with Gasteiger partial charge >= 0.3 is 6.01 Å². The zero-order valence-corrected chi connectivity index (χ0v) is 14.3. The number of aliphatic imine (C=N–C) groups is 1. The minimum absolute atomic E-state index is 0.123. The fraction of sp³-hybridized carbons (Fsp3) is 0.353. The summed E-state index contributed by atoms with van der Waals surface area (Å²) in [4.78, 5) is 11.1. The summed E-state index contributed by atoms with van der Waals surface area (Å²) in [5.74, 6) is 1.44. The average Bonchev–Trinajstić information content (AvgIpc) is 3.44. The second-order valence-corrected chi connectivity index (χ2v) is 6.84. The van der Waals surface area contributed by atoms with Gasteiger partial charge in [0.05, 0.1) is 18.5 Å². The van der Waals surface area contributed by atoms with Crippen LogP contribution in [0.4, 0.5) is 16.2 Å². The maximum atomic E-state index is 14.1. The molecule has 0 aliphatic carbocycles. The third-order valence-corrected chi connectivity index (χ3v) is 5.25. The highest BCUT2D eigenvalue weighted by Crippen LogP contribution is 2.46. The van der Waals surface area contributed by atoms with Gasteiger partial charge in [-0.15, -0.1) is 0 Å². The Balaban J connectivity index is 1.40. The highest BCUT2D eigenvalue weighted by Gasteiger charge is 2.45. The summed E-state index contributed by atoms with van der Waals surface area (Å²) in [6.45, 7) is 1.43. The van der Waals surface area contributed by atoms with E-state index < -0.39 is 0 Å². The number of para-hydroxylation sites is 1. The van der Waals surface area contributed by atoms with Gasteiger partial charge in [-0.1, -0.05) is 27.8 Å². The third kappa shape index (κ3) is 2.10. The van der Waals surface area contributed by atoms with Crippen LogP contribution < -0.4 is 9.91 Å². The predicted molar refractivity (Wildman–Crippen MR) is 92.8 cm³/mol. The highest BCUT2D eigenvalue weighted by molar-refractivity contribution is 5.79. The smallest absolute Gasteiger partial charge is 0.348 e. The lowest BCUT2D eigenvalue weighted by Crippen LogP contribution is -2.46. The molecule has 138 valence electrons. The molecule has 2 atom stereocenters. The minimum Gasteiger partial charge on any atom is -0.381 e. The number of hydrazine groups is 1. The average molecular weight is 369 g/mol. The van der Waals surface area contributed by atoms with Gasteiger partial charge in [0.25, 0.3) is 0 Å². The van der Waals surface area contributed by atoms with E-state index in [9.17, 15) is 4.48 Å². The van der Waals surface area contributed by atoms with E-state index in [2.05, 4.69) is 15.1 Å². The van der Waals surface area contributed by atoms with Gasteiger partial charge in [-0.2, -0.15) is 15.1 Å². The van der Waals surface area contributed by atoms with E-state index in [0.29, 0.717) is 36.0 Å². The lowest BCUT2D eigenvalue weighted by atomic mass is 10.1. The Morgan fingerprint density at radius 3 is 3.04 bits per heavy atom. The number of nitrogens with zero attached hydrogens (tertiary/aromatic N) is 7. The Morgan fingerprint density at radius 2 is 2.15 bits per heavy atom. The van der Waals surface area contributed by atoms with Gasteiger partial charge in [-0.05, 0) is 12.5 Å². The Labute approximate surface area is 153 Å². The van der Waals surface area contributed by atoms with Crippen LogP contribution in [-0.2, 0) is 4.74 Å². The fourth-order valence-corrected chi connectivity index (χ4v) is 3.95. The lowest BCUT2D eigenvalue weighted by Gasteiger charge is -2.41. The number of hydrogen-bond acceptors (Lipinski definition) is 9. The molecule has 6 rings (SSSR count). The normalized spacial score (nSPS) is 25.7. The monoisotopic (exact) mass is 369 g/mol. The Morgan fingerprint density at radius 1 is 1.22 bits per heavy atom. The predicted octanol–water partition coefficient (Wildman–Crippen LogP) is 2.11. The Hall–Kier alpha value is -3.14. The molecule has 0 radical (unpaired) electrons. The summed E-state index contributed by atoms with van der Waals surface area (Å²) in [5.41, 5.74) is 1.94. The second kappa shape index (κ2) is 5.43. The molecular weight excluding hydrogens is 353 g/mol. The molecule has 0 N–H and O–H groups in total. The summed E-state index contributed by atoms with van der Waals surface area (Å²) in [6.07, 6.45) is 3.67. The topological polar surface area (TPSA) is 73.5 Å². The SMILES string of the molecule is FN1C=C2N(C1)c1ccccc1C1N=CN(c3nc(C4CCOC4)no3)N21. The molecule has 5 heterocycles. The van der Waals surface area contributed by atoms with E-state index >= 15 is 0 Å². The standard InChI is InChI=1S/C17H16FN7O2/c18-22-7-14-23(10-22)13-4-2-1-3-12(13)16-19-9-24(25(14)16)17-20-15(21-27-17)11-5-6-26-8-11/h1-4,7,9,11,16H,5-6,8,10H2. The first-order chi connectivity index (χ1) is 13.3. The number of anilines is 2. The van der Waals surface area contributed by atoms with Crippen molar-refractivity contribution in [2.24, 2.45) is 4.99 Å². The molecule has 1 fully saturated rings. The van der Waals surface area contributed by atoms with E-state index in [1.165, 1.54) is 6.20 Å². The molecular formula is C17H16FN7O2. The largest absolute Gasteiger partial charge is 0.381 e. The van der Waals surface area contributed by atoms with Crippen molar-refractivity contribution in [3.63, 3.8) is 0 Å². The molecule has 10 heteroatoms. The van der Waals surface area contributed by atoms with Gasteiger partial charge < -0.3 is 14.2 Å². The maximum Gasteiger partial charge on any atom is 0.348 e. The molecule has 0 amide bonds. The van der Waals surface area contributed by atoms with Crippen molar-refractivity contribution >= 4 is 18.0 Å². The van der Waals surface area contributed by atoms with Crippen LogP contribution in [0.2, 0.25) is 0 Å². The summed E-state index contributed by atoms with van der Waals surface area (Å²) in [6, 6.07) is 8.18. The number of hydrogen-bond donors (Lipinski definition) is 0. The molecule has 1 saturated heterocycles. The van der Waals surface area contributed by atoms with E-state index in [4.69, 9.17) is 9.26 Å². The van der Waals surface area contributed by atoms with Gasteiger partial charge in [0.2, 0.25) is 0 Å². The first-order valence-corrected chi connectivity index (χ1v) is 8.83. The zero-order chi connectivity index (χ0) is 18.0. The van der Waals surface area contributed by atoms with Crippen molar-refractivity contribution < 1.29 is 13.7 Å².